The van der Waals surface area contributed by atoms with E-state index >= 15 is 0 Å². The molecule has 2 atom stereocenters. The molecule has 9 heteroatoms. The number of rotatable bonds is 4. The molecule has 1 aliphatic rings. The van der Waals surface area contributed by atoms with E-state index < -0.39 is 0 Å². The van der Waals surface area contributed by atoms with Gasteiger partial charge in [0.25, 0.3) is 0 Å². The number of hydrogen-bond acceptors (Lipinski definition) is 8. The quantitative estimate of drug-likeness (QED) is 0.745. The van der Waals surface area contributed by atoms with Crippen molar-refractivity contribution in [2.75, 3.05) is 30.4 Å². The molecule has 4 rings (SSSR count). The zero-order valence-corrected chi connectivity index (χ0v) is 15.8. The molecule has 27 heavy (non-hydrogen) atoms. The van der Waals surface area contributed by atoms with Gasteiger partial charge in [-0.3, -0.25) is 0 Å². The Hall–Kier alpha value is -2.81. The number of imidazole rings is 1. The number of morpholine rings is 1. The van der Waals surface area contributed by atoms with Crippen LogP contribution in [0.15, 0.2) is 18.7 Å². The van der Waals surface area contributed by atoms with Gasteiger partial charge in [-0.1, -0.05) is 6.92 Å². The lowest BCUT2D eigenvalue weighted by Gasteiger charge is -2.33. The van der Waals surface area contributed by atoms with Crippen LogP contribution >= 0.6 is 0 Å². The SMILES string of the molecule is CCC(C)n1cnc2c(-c3cnc(N)nc3)nc(N3CCOC[C@@H]3C)nc21. The minimum Gasteiger partial charge on any atom is -0.377 e. The summed E-state index contributed by atoms with van der Waals surface area (Å²) in [5, 5.41) is 0. The van der Waals surface area contributed by atoms with Crippen molar-refractivity contribution >= 4 is 23.1 Å². The van der Waals surface area contributed by atoms with Crippen molar-refractivity contribution in [3.05, 3.63) is 18.7 Å². The highest BCUT2D eigenvalue weighted by Crippen LogP contribution is 2.29. The zero-order valence-electron chi connectivity index (χ0n) is 15.8. The van der Waals surface area contributed by atoms with Crippen LogP contribution in [0.2, 0.25) is 0 Å². The molecule has 4 heterocycles. The average molecular weight is 368 g/mol. The van der Waals surface area contributed by atoms with E-state index in [-0.39, 0.29) is 18.0 Å². The minimum absolute atomic E-state index is 0.201. The van der Waals surface area contributed by atoms with Gasteiger partial charge >= 0.3 is 0 Å². The molecule has 0 aliphatic carbocycles. The summed E-state index contributed by atoms with van der Waals surface area (Å²) in [4.78, 5) is 24.7. The van der Waals surface area contributed by atoms with Crippen LogP contribution in [0.3, 0.4) is 0 Å². The van der Waals surface area contributed by atoms with Gasteiger partial charge in [0.15, 0.2) is 5.65 Å². The lowest BCUT2D eigenvalue weighted by Crippen LogP contribution is -2.44. The van der Waals surface area contributed by atoms with E-state index in [1.54, 1.807) is 12.4 Å². The molecule has 3 aromatic rings. The maximum atomic E-state index is 5.65. The molecule has 1 aliphatic heterocycles. The molecular formula is C18H24N8O. The van der Waals surface area contributed by atoms with Crippen molar-refractivity contribution in [2.45, 2.75) is 39.3 Å². The fourth-order valence-electron chi connectivity index (χ4n) is 3.24. The van der Waals surface area contributed by atoms with Crippen LogP contribution in [0.5, 0.6) is 0 Å². The second kappa shape index (κ2) is 7.07. The van der Waals surface area contributed by atoms with Crippen LogP contribution < -0.4 is 10.6 Å². The first-order valence-electron chi connectivity index (χ1n) is 9.25. The Bertz CT molecular complexity index is 938. The molecule has 0 amide bonds. The summed E-state index contributed by atoms with van der Waals surface area (Å²) in [6, 6.07) is 0.488. The Morgan fingerprint density at radius 3 is 2.74 bits per heavy atom. The molecule has 0 saturated carbocycles. The van der Waals surface area contributed by atoms with Crippen LogP contribution in [-0.2, 0) is 4.74 Å². The third-order valence-electron chi connectivity index (χ3n) is 5.05. The number of hydrogen-bond donors (Lipinski definition) is 1. The predicted octanol–water partition coefficient (Wildman–Crippen LogP) is 2.06. The first-order chi connectivity index (χ1) is 13.1. The Balaban J connectivity index is 1.92. The highest BCUT2D eigenvalue weighted by atomic mass is 16.5. The van der Waals surface area contributed by atoms with E-state index in [0.717, 1.165) is 35.4 Å². The average Bonchev–Trinajstić information content (AvgIpc) is 3.12. The number of nitrogen functional groups attached to an aromatic ring is 1. The third kappa shape index (κ3) is 3.18. The molecule has 142 valence electrons. The Morgan fingerprint density at radius 2 is 2.04 bits per heavy atom. The second-order valence-electron chi connectivity index (χ2n) is 6.90. The monoisotopic (exact) mass is 368 g/mol. The number of anilines is 2. The number of aromatic nitrogens is 6. The Labute approximate surface area is 157 Å². The molecule has 1 saturated heterocycles. The zero-order chi connectivity index (χ0) is 19.0. The molecule has 0 radical (unpaired) electrons. The molecule has 1 unspecified atom stereocenters. The van der Waals surface area contributed by atoms with Crippen molar-refractivity contribution in [2.24, 2.45) is 0 Å². The number of fused-ring (bicyclic) bond motifs is 1. The van der Waals surface area contributed by atoms with Gasteiger partial charge in [0, 0.05) is 30.5 Å². The number of nitrogens with two attached hydrogens (primary N) is 1. The fraction of sp³-hybridized carbons (Fsp3) is 0.500. The second-order valence-corrected chi connectivity index (χ2v) is 6.90. The first kappa shape index (κ1) is 17.6. The molecule has 3 aromatic heterocycles. The van der Waals surface area contributed by atoms with Crippen LogP contribution in [0.4, 0.5) is 11.9 Å². The Morgan fingerprint density at radius 1 is 1.26 bits per heavy atom. The highest BCUT2D eigenvalue weighted by molar-refractivity contribution is 5.88. The highest BCUT2D eigenvalue weighted by Gasteiger charge is 2.25. The van der Waals surface area contributed by atoms with Crippen LogP contribution in [0, 0.1) is 0 Å². The van der Waals surface area contributed by atoms with Crippen molar-refractivity contribution in [1.82, 2.24) is 29.5 Å². The van der Waals surface area contributed by atoms with E-state index in [2.05, 4.69) is 45.2 Å². The first-order valence-corrected chi connectivity index (χ1v) is 9.25. The van der Waals surface area contributed by atoms with E-state index in [0.29, 0.717) is 19.2 Å². The van der Waals surface area contributed by atoms with E-state index in [9.17, 15) is 0 Å². The standard InChI is InChI=1S/C18H24N8O/c1-4-11(2)26-10-22-15-14(13-7-20-17(19)21-8-13)23-18(24-16(15)26)25-5-6-27-9-12(25)3/h7-8,10-12H,4-6,9H2,1-3H3,(H2,19,20,21)/t11?,12-/m0/s1. The molecule has 0 bridgehead atoms. The molecule has 0 spiro atoms. The van der Waals surface area contributed by atoms with Crippen molar-refractivity contribution in [3.8, 4) is 11.3 Å². The predicted molar refractivity (Wildman–Crippen MR) is 103 cm³/mol. The van der Waals surface area contributed by atoms with Crippen molar-refractivity contribution in [1.29, 1.82) is 0 Å². The fourth-order valence-corrected chi connectivity index (χ4v) is 3.24. The molecular weight excluding hydrogens is 344 g/mol. The molecule has 0 aromatic carbocycles. The van der Waals surface area contributed by atoms with Gasteiger partial charge < -0.3 is 19.9 Å². The topological polar surface area (TPSA) is 108 Å². The lowest BCUT2D eigenvalue weighted by atomic mass is 10.2. The number of ether oxygens (including phenoxy) is 1. The lowest BCUT2D eigenvalue weighted by molar-refractivity contribution is 0.0981. The van der Waals surface area contributed by atoms with Gasteiger partial charge in [-0.05, 0) is 20.3 Å². The van der Waals surface area contributed by atoms with E-state index in [1.165, 1.54) is 0 Å². The van der Waals surface area contributed by atoms with Crippen LogP contribution in [0.25, 0.3) is 22.4 Å². The van der Waals surface area contributed by atoms with Crippen molar-refractivity contribution < 1.29 is 4.74 Å². The third-order valence-corrected chi connectivity index (χ3v) is 5.05. The maximum Gasteiger partial charge on any atom is 0.228 e. The van der Waals surface area contributed by atoms with Gasteiger partial charge in [-0.15, -0.1) is 0 Å². The maximum absolute atomic E-state index is 5.65. The van der Waals surface area contributed by atoms with Gasteiger partial charge in [0.2, 0.25) is 11.9 Å². The summed E-state index contributed by atoms with van der Waals surface area (Å²) in [6.45, 7) is 8.50. The summed E-state index contributed by atoms with van der Waals surface area (Å²) in [7, 11) is 0. The van der Waals surface area contributed by atoms with Crippen LogP contribution in [0.1, 0.15) is 33.2 Å². The normalized spacial score (nSPS) is 18.8. The van der Waals surface area contributed by atoms with E-state index in [1.807, 2.05) is 6.33 Å². The van der Waals surface area contributed by atoms with E-state index in [4.69, 9.17) is 20.4 Å². The molecule has 9 nitrogen and oxygen atoms in total. The minimum atomic E-state index is 0.201. The van der Waals surface area contributed by atoms with Gasteiger partial charge in [0.1, 0.15) is 11.2 Å². The van der Waals surface area contributed by atoms with Gasteiger partial charge in [-0.2, -0.15) is 4.98 Å². The summed E-state index contributed by atoms with van der Waals surface area (Å²) < 4.78 is 7.67. The van der Waals surface area contributed by atoms with Crippen molar-refractivity contribution in [3.63, 3.8) is 0 Å². The van der Waals surface area contributed by atoms with Gasteiger partial charge in [0.05, 0.1) is 25.6 Å². The molecule has 1 fully saturated rings. The van der Waals surface area contributed by atoms with Gasteiger partial charge in [-0.25, -0.2) is 19.9 Å². The molecule has 2 N–H and O–H groups in total. The smallest absolute Gasteiger partial charge is 0.228 e. The summed E-state index contributed by atoms with van der Waals surface area (Å²) in [6.07, 6.45) is 6.18. The number of nitrogens with zero attached hydrogens (tertiary/aromatic N) is 7. The van der Waals surface area contributed by atoms with Crippen LogP contribution in [-0.4, -0.2) is 55.3 Å². The largest absolute Gasteiger partial charge is 0.377 e. The summed E-state index contributed by atoms with van der Waals surface area (Å²) in [5.41, 5.74) is 8.70. The summed E-state index contributed by atoms with van der Waals surface area (Å²) in [5.74, 6) is 0.909. The Kier molecular flexibility index (Phi) is 4.61. The summed E-state index contributed by atoms with van der Waals surface area (Å²) >= 11 is 0.